The van der Waals surface area contributed by atoms with Crippen LogP contribution in [0.15, 0.2) is 30.3 Å². The number of benzene rings is 1. The van der Waals surface area contributed by atoms with Crippen LogP contribution >= 0.6 is 0 Å². The number of carboxylic acids is 2. The van der Waals surface area contributed by atoms with Crippen molar-refractivity contribution in [3.05, 3.63) is 35.9 Å². The molecule has 0 radical (unpaired) electrons. The minimum absolute atomic E-state index is 0.143. The lowest BCUT2D eigenvalue weighted by Crippen LogP contribution is -2.50. The first kappa shape index (κ1) is 26.9. The van der Waals surface area contributed by atoms with E-state index in [-0.39, 0.29) is 12.7 Å². The quantitative estimate of drug-likeness (QED) is 0.627. The fourth-order valence-corrected chi connectivity index (χ4v) is 3.89. The van der Waals surface area contributed by atoms with Crippen LogP contribution in [0.3, 0.4) is 0 Å². The number of rotatable bonds is 7. The van der Waals surface area contributed by atoms with Gasteiger partial charge in [0.1, 0.15) is 6.61 Å². The molecule has 2 rings (SSSR count). The fraction of sp³-hybridized carbons (Fsp3) is 0.636. The average Bonchev–Trinajstić information content (AvgIpc) is 2.67. The number of hydrogen-bond donors (Lipinski definition) is 2. The van der Waals surface area contributed by atoms with E-state index in [2.05, 4.69) is 25.5 Å². The molecule has 1 aromatic rings. The third-order valence-corrected chi connectivity index (χ3v) is 5.57. The van der Waals surface area contributed by atoms with Gasteiger partial charge in [-0.15, -0.1) is 0 Å². The van der Waals surface area contributed by atoms with E-state index in [4.69, 9.17) is 14.9 Å². The number of ether oxygens (including phenoxy) is 2. The van der Waals surface area contributed by atoms with E-state index in [1.807, 2.05) is 0 Å². The molecular formula is C22H31F3O6. The van der Waals surface area contributed by atoms with Crippen LogP contribution < -0.4 is 0 Å². The van der Waals surface area contributed by atoms with Crippen molar-refractivity contribution in [3.8, 4) is 0 Å². The van der Waals surface area contributed by atoms with Crippen LogP contribution in [0.5, 0.6) is 0 Å². The van der Waals surface area contributed by atoms with Gasteiger partial charge in [0.25, 0.3) is 5.60 Å². The van der Waals surface area contributed by atoms with Gasteiger partial charge in [-0.3, -0.25) is 0 Å². The predicted molar refractivity (Wildman–Crippen MR) is 108 cm³/mol. The predicted octanol–water partition coefficient (Wildman–Crippen LogP) is 4.72. The lowest BCUT2D eigenvalue weighted by molar-refractivity contribution is -0.273. The molecule has 9 heteroatoms. The SMILES string of the molecule is CC1CCC(C(C)C)C(OCC(=O)O)C1.COC(C(=O)O)(c1ccccc1)C(F)(F)F. The molecule has 1 aromatic carbocycles. The number of methoxy groups -OCH3 is 1. The molecule has 4 atom stereocenters. The molecule has 0 spiro atoms. The summed E-state index contributed by atoms with van der Waals surface area (Å²) in [5, 5.41) is 17.4. The molecule has 0 aliphatic heterocycles. The maximum Gasteiger partial charge on any atom is 0.432 e. The molecule has 1 aliphatic carbocycles. The Hall–Kier alpha value is -2.13. The molecule has 0 saturated heterocycles. The molecule has 2 N–H and O–H groups in total. The zero-order chi connectivity index (χ0) is 23.8. The molecular weight excluding hydrogens is 417 g/mol. The van der Waals surface area contributed by atoms with Gasteiger partial charge in [0.15, 0.2) is 0 Å². The lowest BCUT2D eigenvalue weighted by Gasteiger charge is -2.36. The summed E-state index contributed by atoms with van der Waals surface area (Å²) in [5.74, 6) is -1.18. The molecule has 0 amide bonds. The van der Waals surface area contributed by atoms with Crippen molar-refractivity contribution in [1.29, 1.82) is 0 Å². The molecule has 0 aromatic heterocycles. The van der Waals surface area contributed by atoms with E-state index in [0.717, 1.165) is 18.6 Å². The smallest absolute Gasteiger partial charge is 0.432 e. The summed E-state index contributed by atoms with van der Waals surface area (Å²) in [4.78, 5) is 21.3. The van der Waals surface area contributed by atoms with Crippen LogP contribution in [-0.2, 0) is 24.7 Å². The average molecular weight is 448 g/mol. The Morgan fingerprint density at radius 3 is 2.13 bits per heavy atom. The molecule has 31 heavy (non-hydrogen) atoms. The van der Waals surface area contributed by atoms with Crippen LogP contribution in [-0.4, -0.2) is 48.1 Å². The highest BCUT2D eigenvalue weighted by Crippen LogP contribution is 2.42. The molecule has 4 unspecified atom stereocenters. The van der Waals surface area contributed by atoms with Crippen LogP contribution in [0.25, 0.3) is 0 Å². The summed E-state index contributed by atoms with van der Waals surface area (Å²) in [5.41, 5.74) is -3.77. The van der Waals surface area contributed by atoms with E-state index in [1.165, 1.54) is 31.0 Å². The van der Waals surface area contributed by atoms with Crippen molar-refractivity contribution in [3.63, 3.8) is 0 Å². The number of alkyl halides is 3. The van der Waals surface area contributed by atoms with Crippen LogP contribution in [0.1, 0.15) is 45.6 Å². The summed E-state index contributed by atoms with van der Waals surface area (Å²) in [7, 11) is 0.717. The van der Waals surface area contributed by atoms with Crippen molar-refractivity contribution in [1.82, 2.24) is 0 Å². The summed E-state index contributed by atoms with van der Waals surface area (Å²) < 4.78 is 48.1. The summed E-state index contributed by atoms with van der Waals surface area (Å²) in [6.45, 7) is 6.45. The second kappa shape index (κ2) is 11.5. The van der Waals surface area contributed by atoms with Crippen molar-refractivity contribution >= 4 is 11.9 Å². The number of halogens is 3. The molecule has 0 bridgehead atoms. The normalized spacial score (nSPS) is 23.4. The number of carboxylic acid groups (broad SMARTS) is 2. The molecule has 176 valence electrons. The van der Waals surface area contributed by atoms with Gasteiger partial charge in [0.2, 0.25) is 0 Å². The van der Waals surface area contributed by atoms with Gasteiger partial charge in [-0.25, -0.2) is 9.59 Å². The van der Waals surface area contributed by atoms with Crippen LogP contribution in [0, 0.1) is 17.8 Å². The Labute approximate surface area is 180 Å². The highest BCUT2D eigenvalue weighted by molar-refractivity contribution is 5.80. The molecule has 6 nitrogen and oxygen atoms in total. The second-order valence-electron chi connectivity index (χ2n) is 8.12. The topological polar surface area (TPSA) is 93.1 Å². The Morgan fingerprint density at radius 1 is 1.13 bits per heavy atom. The van der Waals surface area contributed by atoms with Crippen molar-refractivity contribution in [2.45, 2.75) is 57.9 Å². The highest BCUT2D eigenvalue weighted by Gasteiger charge is 2.63. The maximum atomic E-state index is 12.8. The van der Waals surface area contributed by atoms with E-state index < -0.39 is 29.3 Å². The zero-order valence-electron chi connectivity index (χ0n) is 18.2. The first-order valence-corrected chi connectivity index (χ1v) is 10.1. The number of hydrogen-bond acceptors (Lipinski definition) is 4. The number of carbonyl (C=O) groups is 2. The fourth-order valence-electron chi connectivity index (χ4n) is 3.89. The summed E-state index contributed by atoms with van der Waals surface area (Å²) >= 11 is 0. The Balaban J connectivity index is 0.000000311. The van der Waals surface area contributed by atoms with Gasteiger partial charge in [-0.1, -0.05) is 57.5 Å². The largest absolute Gasteiger partial charge is 0.480 e. The molecule has 0 heterocycles. The minimum atomic E-state index is -5.03. The lowest BCUT2D eigenvalue weighted by atomic mass is 9.75. The van der Waals surface area contributed by atoms with Gasteiger partial charge < -0.3 is 19.7 Å². The standard InChI is InChI=1S/C12H22O3.C10H9F3O3/c1-8(2)10-5-4-9(3)6-11(10)15-7-12(13)14;1-16-9(8(14)15,10(11,12)13)7-5-3-2-4-6-7/h8-11H,4-7H2,1-3H3,(H,13,14);2-6H,1H3,(H,14,15). The Morgan fingerprint density at radius 2 is 1.71 bits per heavy atom. The highest BCUT2D eigenvalue weighted by atomic mass is 19.4. The van der Waals surface area contributed by atoms with E-state index in [0.29, 0.717) is 24.9 Å². The minimum Gasteiger partial charge on any atom is -0.480 e. The number of aliphatic carboxylic acids is 2. The van der Waals surface area contributed by atoms with Crippen molar-refractivity contribution < 1.29 is 42.4 Å². The summed E-state index contributed by atoms with van der Waals surface area (Å²) in [6, 6.07) is 6.24. The maximum absolute atomic E-state index is 12.8. The van der Waals surface area contributed by atoms with E-state index in [9.17, 15) is 22.8 Å². The molecule has 1 fully saturated rings. The zero-order valence-corrected chi connectivity index (χ0v) is 18.2. The van der Waals surface area contributed by atoms with E-state index in [1.54, 1.807) is 0 Å². The Kier molecular flexibility index (Phi) is 9.96. The third kappa shape index (κ3) is 6.93. The molecule has 1 saturated carbocycles. The summed E-state index contributed by atoms with van der Waals surface area (Å²) in [6.07, 6.45) is -1.46. The van der Waals surface area contributed by atoms with Crippen LogP contribution in [0.2, 0.25) is 0 Å². The molecule has 1 aliphatic rings. The van der Waals surface area contributed by atoms with Crippen molar-refractivity contribution in [2.75, 3.05) is 13.7 Å². The van der Waals surface area contributed by atoms with Crippen molar-refractivity contribution in [2.24, 2.45) is 17.8 Å². The third-order valence-electron chi connectivity index (χ3n) is 5.57. The van der Waals surface area contributed by atoms with Gasteiger partial charge in [0, 0.05) is 12.7 Å². The van der Waals surface area contributed by atoms with Gasteiger partial charge >= 0.3 is 18.1 Å². The second-order valence-corrected chi connectivity index (χ2v) is 8.12. The van der Waals surface area contributed by atoms with Gasteiger partial charge in [0.05, 0.1) is 6.10 Å². The van der Waals surface area contributed by atoms with E-state index >= 15 is 0 Å². The van der Waals surface area contributed by atoms with Crippen LogP contribution in [0.4, 0.5) is 13.2 Å². The first-order valence-electron chi connectivity index (χ1n) is 10.1. The monoisotopic (exact) mass is 448 g/mol. The van der Waals surface area contributed by atoms with Gasteiger partial charge in [-0.05, 0) is 30.6 Å². The Bertz CT molecular complexity index is 707. The van der Waals surface area contributed by atoms with Gasteiger partial charge in [-0.2, -0.15) is 13.2 Å². The first-order chi connectivity index (χ1) is 14.4.